The van der Waals surface area contributed by atoms with E-state index in [0.29, 0.717) is 24.0 Å². The van der Waals surface area contributed by atoms with Crippen molar-refractivity contribution in [3.05, 3.63) is 41.4 Å². The molecule has 1 fully saturated rings. The lowest BCUT2D eigenvalue weighted by atomic mass is 10.2. The largest absolute Gasteiger partial charge is 0.465 e. The molecule has 3 heterocycles. The molecule has 124 valence electrons. The molecule has 1 aromatic carbocycles. The number of benzene rings is 1. The predicted octanol–water partition coefficient (Wildman–Crippen LogP) is 2.56. The van der Waals surface area contributed by atoms with E-state index in [-0.39, 0.29) is 18.8 Å². The number of hydrogen-bond donors (Lipinski definition) is 0. The fourth-order valence-corrected chi connectivity index (χ4v) is 3.28. The van der Waals surface area contributed by atoms with Crippen LogP contribution in [0.1, 0.15) is 12.0 Å². The van der Waals surface area contributed by atoms with Crippen LogP contribution in [0.4, 0.5) is 0 Å². The molecule has 0 spiro atoms. The summed E-state index contributed by atoms with van der Waals surface area (Å²) in [5, 5.41) is 2.53. The maximum atomic E-state index is 12.3. The molecule has 1 aromatic heterocycles. The molecule has 0 bridgehead atoms. The Morgan fingerprint density at radius 3 is 3.17 bits per heavy atom. The lowest BCUT2D eigenvalue weighted by molar-refractivity contribution is -0.125. The van der Waals surface area contributed by atoms with Crippen LogP contribution in [0, 0.1) is 0 Å². The highest BCUT2D eigenvalue weighted by molar-refractivity contribution is 7.11. The number of nitrogens with zero attached hydrogens (tertiary/aromatic N) is 2. The second kappa shape index (κ2) is 6.52. The Morgan fingerprint density at radius 2 is 2.29 bits per heavy atom. The molecule has 4 rings (SSSR count). The molecular weight excluding hydrogens is 328 g/mol. The van der Waals surface area contributed by atoms with Gasteiger partial charge in [-0.2, -0.15) is 0 Å². The van der Waals surface area contributed by atoms with Crippen LogP contribution in [0.5, 0.6) is 16.7 Å². The summed E-state index contributed by atoms with van der Waals surface area (Å²) in [5.41, 5.74) is 0.905. The molecule has 1 amide bonds. The van der Waals surface area contributed by atoms with Gasteiger partial charge < -0.3 is 19.1 Å². The minimum Gasteiger partial charge on any atom is -0.465 e. The third kappa shape index (κ3) is 3.21. The summed E-state index contributed by atoms with van der Waals surface area (Å²) in [6.07, 6.45) is 5.93. The van der Waals surface area contributed by atoms with Crippen LogP contribution < -0.4 is 14.2 Å². The van der Waals surface area contributed by atoms with Crippen molar-refractivity contribution in [3.8, 4) is 16.7 Å². The van der Waals surface area contributed by atoms with Crippen molar-refractivity contribution in [3.63, 3.8) is 0 Å². The van der Waals surface area contributed by atoms with Crippen molar-refractivity contribution in [2.75, 3.05) is 19.9 Å². The van der Waals surface area contributed by atoms with E-state index in [9.17, 15) is 4.79 Å². The number of carbonyl (C=O) groups excluding carboxylic acids is 1. The number of rotatable bonds is 4. The number of thiazole rings is 1. The van der Waals surface area contributed by atoms with E-state index in [4.69, 9.17) is 14.2 Å². The van der Waals surface area contributed by atoms with Gasteiger partial charge in [0, 0.05) is 30.6 Å². The van der Waals surface area contributed by atoms with Gasteiger partial charge in [0.2, 0.25) is 12.7 Å². The van der Waals surface area contributed by atoms with Crippen molar-refractivity contribution in [1.29, 1.82) is 0 Å². The Kier molecular flexibility index (Phi) is 4.08. The summed E-state index contributed by atoms with van der Waals surface area (Å²) in [6.45, 7) is 1.53. The molecule has 24 heavy (non-hydrogen) atoms. The fraction of sp³-hybridized carbons (Fsp3) is 0.294. The normalized spacial score (nSPS) is 19.2. The zero-order valence-electron chi connectivity index (χ0n) is 12.9. The van der Waals surface area contributed by atoms with Gasteiger partial charge in [-0.3, -0.25) is 4.79 Å². The van der Waals surface area contributed by atoms with Crippen LogP contribution in [-0.4, -0.2) is 41.8 Å². The molecule has 1 unspecified atom stereocenters. The van der Waals surface area contributed by atoms with Crippen LogP contribution in [-0.2, 0) is 4.79 Å². The van der Waals surface area contributed by atoms with Crippen molar-refractivity contribution in [2.45, 2.75) is 12.5 Å². The summed E-state index contributed by atoms with van der Waals surface area (Å²) in [4.78, 5) is 18.2. The lowest BCUT2D eigenvalue weighted by Gasteiger charge is -2.14. The molecule has 7 heteroatoms. The van der Waals surface area contributed by atoms with Crippen molar-refractivity contribution < 1.29 is 19.0 Å². The zero-order valence-corrected chi connectivity index (χ0v) is 13.7. The van der Waals surface area contributed by atoms with Crippen LogP contribution in [0.15, 0.2) is 35.9 Å². The molecule has 0 N–H and O–H groups in total. The maximum Gasteiger partial charge on any atom is 0.273 e. The number of fused-ring (bicyclic) bond motifs is 1. The first-order chi connectivity index (χ1) is 11.8. The Hall–Kier alpha value is -2.54. The lowest BCUT2D eigenvalue weighted by Crippen LogP contribution is -2.29. The maximum absolute atomic E-state index is 12.3. The summed E-state index contributed by atoms with van der Waals surface area (Å²) >= 11 is 1.46. The highest BCUT2D eigenvalue weighted by Gasteiger charge is 2.27. The fourth-order valence-electron chi connectivity index (χ4n) is 2.73. The summed E-state index contributed by atoms with van der Waals surface area (Å²) in [6, 6.07) is 5.61. The van der Waals surface area contributed by atoms with Gasteiger partial charge in [0.1, 0.15) is 6.10 Å². The number of hydrogen-bond acceptors (Lipinski definition) is 6. The van der Waals surface area contributed by atoms with Gasteiger partial charge >= 0.3 is 0 Å². The summed E-state index contributed by atoms with van der Waals surface area (Å²) in [5.74, 6) is 1.43. The molecule has 0 radical (unpaired) electrons. The zero-order chi connectivity index (χ0) is 16.4. The molecule has 0 aliphatic carbocycles. The number of aromatic nitrogens is 1. The number of ether oxygens (including phenoxy) is 3. The Labute approximate surface area is 143 Å². The third-order valence-corrected chi connectivity index (χ3v) is 4.61. The van der Waals surface area contributed by atoms with E-state index in [2.05, 4.69) is 4.98 Å². The van der Waals surface area contributed by atoms with E-state index in [1.807, 2.05) is 23.6 Å². The highest BCUT2D eigenvalue weighted by atomic mass is 32.1. The van der Waals surface area contributed by atoms with Crippen LogP contribution in [0.25, 0.3) is 6.08 Å². The molecule has 2 aliphatic heterocycles. The second-order valence-electron chi connectivity index (χ2n) is 5.56. The monoisotopic (exact) mass is 344 g/mol. The number of carbonyl (C=O) groups is 1. The van der Waals surface area contributed by atoms with Crippen molar-refractivity contribution in [2.24, 2.45) is 0 Å². The van der Waals surface area contributed by atoms with Gasteiger partial charge in [-0.05, 0) is 23.8 Å². The molecule has 1 saturated heterocycles. The first kappa shape index (κ1) is 15.0. The first-order valence-corrected chi connectivity index (χ1v) is 8.59. The van der Waals surface area contributed by atoms with E-state index in [1.54, 1.807) is 23.2 Å². The summed E-state index contributed by atoms with van der Waals surface area (Å²) < 4.78 is 16.4. The third-order valence-electron chi connectivity index (χ3n) is 3.95. The molecule has 2 aliphatic rings. The average molecular weight is 344 g/mol. The van der Waals surface area contributed by atoms with Crippen LogP contribution >= 0.6 is 11.3 Å². The topological polar surface area (TPSA) is 60.9 Å². The van der Waals surface area contributed by atoms with Gasteiger partial charge in [-0.1, -0.05) is 17.4 Å². The predicted molar refractivity (Wildman–Crippen MR) is 89.3 cm³/mol. The Bertz CT molecular complexity index is 760. The molecular formula is C17H16N2O4S. The Balaban J connectivity index is 1.34. The van der Waals surface area contributed by atoms with Crippen molar-refractivity contribution >= 4 is 23.3 Å². The molecule has 0 saturated carbocycles. The molecule has 2 aromatic rings. The Morgan fingerprint density at radius 1 is 1.38 bits per heavy atom. The van der Waals surface area contributed by atoms with E-state index in [0.717, 1.165) is 17.7 Å². The van der Waals surface area contributed by atoms with Gasteiger partial charge in [-0.15, -0.1) is 0 Å². The summed E-state index contributed by atoms with van der Waals surface area (Å²) in [7, 11) is 0. The highest BCUT2D eigenvalue weighted by Crippen LogP contribution is 2.32. The molecule has 1 atom stereocenters. The van der Waals surface area contributed by atoms with E-state index < -0.39 is 0 Å². The standard InChI is InChI=1S/C17H16N2O4S/c20-16(4-2-12-1-3-14-15(9-12)22-11-21-14)19-7-5-13(10-19)23-17-18-6-8-24-17/h1-4,6,8-9,13H,5,7,10-11H2/b4-2+. The average Bonchev–Trinajstić information content (AvgIpc) is 3.34. The van der Waals surface area contributed by atoms with Crippen LogP contribution in [0.3, 0.4) is 0 Å². The quantitative estimate of drug-likeness (QED) is 0.798. The number of likely N-dealkylation sites (tertiary alicyclic amines) is 1. The minimum atomic E-state index is -0.0158. The van der Waals surface area contributed by atoms with Crippen molar-refractivity contribution in [1.82, 2.24) is 9.88 Å². The van der Waals surface area contributed by atoms with Gasteiger partial charge in [-0.25, -0.2) is 4.98 Å². The van der Waals surface area contributed by atoms with Gasteiger partial charge in [0.05, 0.1) is 6.54 Å². The van der Waals surface area contributed by atoms with Gasteiger partial charge in [0.15, 0.2) is 11.5 Å². The minimum absolute atomic E-state index is 0.0130. The van der Waals surface area contributed by atoms with E-state index in [1.165, 1.54) is 11.3 Å². The first-order valence-electron chi connectivity index (χ1n) is 7.71. The smallest absolute Gasteiger partial charge is 0.273 e. The SMILES string of the molecule is O=C(/C=C/c1ccc2c(c1)OCO2)N1CCC(Oc2nccs2)C1. The van der Waals surface area contributed by atoms with Crippen LogP contribution in [0.2, 0.25) is 0 Å². The molecule has 6 nitrogen and oxygen atoms in total. The van der Waals surface area contributed by atoms with E-state index >= 15 is 0 Å². The number of amides is 1. The second-order valence-corrected chi connectivity index (χ2v) is 6.41. The van der Waals surface area contributed by atoms with Gasteiger partial charge in [0.25, 0.3) is 5.19 Å².